The van der Waals surface area contributed by atoms with Crippen molar-refractivity contribution in [3.63, 3.8) is 0 Å². The van der Waals surface area contributed by atoms with Gasteiger partial charge in [-0.15, -0.1) is 0 Å². The summed E-state index contributed by atoms with van der Waals surface area (Å²) in [4.78, 5) is 0. The zero-order valence-electron chi connectivity index (χ0n) is 10.9. The molecule has 0 aromatic heterocycles. The van der Waals surface area contributed by atoms with Gasteiger partial charge in [0.15, 0.2) is 0 Å². The average Bonchev–Trinajstić information content (AvgIpc) is 2.79. The van der Waals surface area contributed by atoms with Crippen LogP contribution in [0.25, 0.3) is 0 Å². The second-order valence-electron chi connectivity index (χ2n) is 5.07. The summed E-state index contributed by atoms with van der Waals surface area (Å²) in [5.74, 6) is 0.507. The van der Waals surface area contributed by atoms with Crippen LogP contribution < -0.4 is 4.74 Å². The molecule has 1 aliphatic rings. The van der Waals surface area contributed by atoms with E-state index in [2.05, 4.69) is 15.9 Å². The van der Waals surface area contributed by atoms with E-state index in [-0.39, 0.29) is 11.9 Å². The molecular weight excluding hydrogens is 323 g/mol. The van der Waals surface area contributed by atoms with Gasteiger partial charge in [0.1, 0.15) is 23.8 Å². The molecule has 2 aromatic rings. The van der Waals surface area contributed by atoms with Crippen molar-refractivity contribution in [3.8, 4) is 5.75 Å². The van der Waals surface area contributed by atoms with Gasteiger partial charge in [-0.3, -0.25) is 0 Å². The smallest absolute Gasteiger partial charge is 0.123 e. The molecule has 1 heterocycles. The highest BCUT2D eigenvalue weighted by Crippen LogP contribution is 2.34. The van der Waals surface area contributed by atoms with Gasteiger partial charge in [0, 0.05) is 16.5 Å². The highest BCUT2D eigenvalue weighted by atomic mass is 79.9. The van der Waals surface area contributed by atoms with E-state index in [0.29, 0.717) is 10.0 Å². The second-order valence-corrected chi connectivity index (χ2v) is 5.92. The number of fused-ring (bicyclic) bond motifs is 1. The minimum atomic E-state index is -0.860. The van der Waals surface area contributed by atoms with Gasteiger partial charge >= 0.3 is 0 Å². The van der Waals surface area contributed by atoms with Crippen LogP contribution in [-0.4, -0.2) is 11.2 Å². The third kappa shape index (κ3) is 2.45. The molecule has 0 radical (unpaired) electrons. The molecule has 0 amide bonds. The Balaban J connectivity index is 1.97. The molecule has 2 aromatic carbocycles. The second kappa shape index (κ2) is 5.19. The normalized spacial score (nSPS) is 18.5. The lowest BCUT2D eigenvalue weighted by atomic mass is 9.98. The van der Waals surface area contributed by atoms with Gasteiger partial charge in [-0.25, -0.2) is 4.39 Å². The van der Waals surface area contributed by atoms with Crippen LogP contribution in [0.15, 0.2) is 40.9 Å². The molecule has 0 aliphatic carbocycles. The molecule has 20 heavy (non-hydrogen) atoms. The van der Waals surface area contributed by atoms with E-state index in [0.717, 1.165) is 23.3 Å². The fourth-order valence-corrected chi connectivity index (χ4v) is 2.98. The van der Waals surface area contributed by atoms with E-state index in [4.69, 9.17) is 4.74 Å². The summed E-state index contributed by atoms with van der Waals surface area (Å²) in [5.41, 5.74) is 2.35. The fraction of sp³-hybridized carbons (Fsp3) is 0.250. The van der Waals surface area contributed by atoms with Crippen LogP contribution in [0.4, 0.5) is 4.39 Å². The Morgan fingerprint density at radius 1 is 1.30 bits per heavy atom. The lowest BCUT2D eigenvalue weighted by Gasteiger charge is -2.14. The van der Waals surface area contributed by atoms with Gasteiger partial charge in [0.25, 0.3) is 0 Å². The molecule has 2 atom stereocenters. The van der Waals surface area contributed by atoms with Crippen LogP contribution in [0.1, 0.15) is 29.7 Å². The Hall–Kier alpha value is -1.39. The number of rotatable bonds is 2. The van der Waals surface area contributed by atoms with Crippen molar-refractivity contribution >= 4 is 15.9 Å². The Bertz CT molecular complexity index is 657. The predicted molar refractivity (Wildman–Crippen MR) is 78.4 cm³/mol. The summed E-state index contributed by atoms with van der Waals surface area (Å²) < 4.78 is 19.7. The number of aliphatic hydroxyl groups is 1. The Labute approximate surface area is 125 Å². The van der Waals surface area contributed by atoms with Crippen molar-refractivity contribution in [2.24, 2.45) is 0 Å². The molecule has 2 unspecified atom stereocenters. The van der Waals surface area contributed by atoms with Gasteiger partial charge in [-0.2, -0.15) is 0 Å². The number of halogens is 2. The van der Waals surface area contributed by atoms with Crippen LogP contribution in [0.2, 0.25) is 0 Å². The third-order valence-electron chi connectivity index (χ3n) is 3.49. The number of ether oxygens (including phenoxy) is 1. The SMILES string of the molecule is CC1Cc2cc(C(O)c3cc(F)ccc3Br)ccc2O1. The Kier molecular flexibility index (Phi) is 3.52. The first-order chi connectivity index (χ1) is 9.54. The molecule has 2 nitrogen and oxygen atoms in total. The maximum Gasteiger partial charge on any atom is 0.123 e. The van der Waals surface area contributed by atoms with E-state index in [1.54, 1.807) is 6.07 Å². The summed E-state index contributed by atoms with van der Waals surface area (Å²) in [6, 6.07) is 9.93. The van der Waals surface area contributed by atoms with Crippen LogP contribution in [-0.2, 0) is 6.42 Å². The maximum atomic E-state index is 13.3. The van der Waals surface area contributed by atoms with Gasteiger partial charge in [-0.1, -0.05) is 22.0 Å². The molecule has 104 valence electrons. The fourth-order valence-electron chi connectivity index (χ4n) is 2.52. The summed E-state index contributed by atoms with van der Waals surface area (Å²) in [7, 11) is 0. The first-order valence-corrected chi connectivity index (χ1v) is 7.26. The third-order valence-corrected chi connectivity index (χ3v) is 4.21. The minimum Gasteiger partial charge on any atom is -0.490 e. The van der Waals surface area contributed by atoms with Gasteiger partial charge in [0.2, 0.25) is 0 Å². The van der Waals surface area contributed by atoms with Crippen molar-refractivity contribution in [1.29, 1.82) is 0 Å². The molecule has 1 aliphatic heterocycles. The molecule has 0 saturated carbocycles. The lowest BCUT2D eigenvalue weighted by molar-refractivity contribution is 0.219. The topological polar surface area (TPSA) is 29.5 Å². The molecule has 0 fully saturated rings. The van der Waals surface area contributed by atoms with Crippen molar-refractivity contribution in [2.45, 2.75) is 25.6 Å². The molecule has 4 heteroatoms. The summed E-state index contributed by atoms with van der Waals surface area (Å²) in [6.07, 6.45) is 0.139. The summed E-state index contributed by atoms with van der Waals surface area (Å²) >= 11 is 3.35. The van der Waals surface area contributed by atoms with E-state index in [1.165, 1.54) is 12.1 Å². The molecule has 0 saturated heterocycles. The zero-order valence-corrected chi connectivity index (χ0v) is 12.5. The van der Waals surface area contributed by atoms with Crippen LogP contribution in [0.5, 0.6) is 5.75 Å². The van der Waals surface area contributed by atoms with Crippen LogP contribution in [0.3, 0.4) is 0 Å². The Morgan fingerprint density at radius 3 is 2.90 bits per heavy atom. The predicted octanol–water partition coefficient (Wildman–Crippen LogP) is 3.99. The van der Waals surface area contributed by atoms with Crippen LogP contribution >= 0.6 is 15.9 Å². The molecule has 0 bridgehead atoms. The zero-order chi connectivity index (χ0) is 14.3. The minimum absolute atomic E-state index is 0.165. The van der Waals surface area contributed by atoms with Crippen molar-refractivity contribution in [1.82, 2.24) is 0 Å². The van der Waals surface area contributed by atoms with Crippen molar-refractivity contribution < 1.29 is 14.2 Å². The molecule has 1 N–H and O–H groups in total. The number of hydrogen-bond acceptors (Lipinski definition) is 2. The Morgan fingerprint density at radius 2 is 2.10 bits per heavy atom. The standard InChI is InChI=1S/C16H14BrFO2/c1-9-6-11-7-10(2-5-15(11)20-9)16(19)13-8-12(18)3-4-14(13)17/h2-5,7-9,16,19H,6H2,1H3. The largest absolute Gasteiger partial charge is 0.490 e. The quantitative estimate of drug-likeness (QED) is 0.898. The summed E-state index contributed by atoms with van der Waals surface area (Å²) in [5, 5.41) is 10.5. The first-order valence-electron chi connectivity index (χ1n) is 6.47. The van der Waals surface area contributed by atoms with E-state index >= 15 is 0 Å². The highest BCUT2D eigenvalue weighted by Gasteiger charge is 2.22. The average molecular weight is 337 g/mol. The van der Waals surface area contributed by atoms with E-state index in [1.807, 2.05) is 25.1 Å². The monoisotopic (exact) mass is 336 g/mol. The van der Waals surface area contributed by atoms with E-state index < -0.39 is 6.10 Å². The van der Waals surface area contributed by atoms with Crippen LogP contribution in [0, 0.1) is 5.82 Å². The lowest BCUT2D eigenvalue weighted by Crippen LogP contribution is -2.05. The first kappa shape index (κ1) is 13.6. The highest BCUT2D eigenvalue weighted by molar-refractivity contribution is 9.10. The number of benzene rings is 2. The van der Waals surface area contributed by atoms with E-state index in [9.17, 15) is 9.50 Å². The molecular formula is C16H14BrFO2. The number of hydrogen-bond donors (Lipinski definition) is 1. The van der Waals surface area contributed by atoms with Crippen molar-refractivity contribution in [2.75, 3.05) is 0 Å². The van der Waals surface area contributed by atoms with Gasteiger partial charge in [-0.05, 0) is 48.4 Å². The summed E-state index contributed by atoms with van der Waals surface area (Å²) in [6.45, 7) is 2.01. The van der Waals surface area contributed by atoms with Crippen molar-refractivity contribution in [3.05, 3.63) is 63.4 Å². The molecule has 0 spiro atoms. The number of aliphatic hydroxyl groups excluding tert-OH is 1. The maximum absolute atomic E-state index is 13.3. The van der Waals surface area contributed by atoms with Gasteiger partial charge < -0.3 is 9.84 Å². The van der Waals surface area contributed by atoms with Gasteiger partial charge in [0.05, 0.1) is 0 Å². The molecule has 3 rings (SSSR count).